The Labute approximate surface area is 296 Å². The highest BCUT2D eigenvalue weighted by Crippen LogP contribution is 2.26. The van der Waals surface area contributed by atoms with Gasteiger partial charge in [-0.3, -0.25) is 19.2 Å². The van der Waals surface area contributed by atoms with Gasteiger partial charge in [0, 0.05) is 33.5 Å². The summed E-state index contributed by atoms with van der Waals surface area (Å²) in [6, 6.07) is 6.14. The van der Waals surface area contributed by atoms with Gasteiger partial charge in [0.15, 0.2) is 6.10 Å². The van der Waals surface area contributed by atoms with E-state index in [2.05, 4.69) is 11.2 Å². The van der Waals surface area contributed by atoms with Crippen LogP contribution in [0.25, 0.3) is 0 Å². The van der Waals surface area contributed by atoms with E-state index < -0.39 is 78.4 Å². The number of hydrogen-bond donors (Lipinski definition) is 1. The van der Waals surface area contributed by atoms with Crippen LogP contribution in [0.2, 0.25) is 0 Å². The van der Waals surface area contributed by atoms with Crippen LogP contribution >= 0.6 is 0 Å². The maximum absolute atomic E-state index is 14.3. The van der Waals surface area contributed by atoms with Crippen molar-refractivity contribution in [2.24, 2.45) is 17.8 Å². The molecule has 12 heteroatoms. The monoisotopic (exact) mass is 694 g/mol. The van der Waals surface area contributed by atoms with Crippen molar-refractivity contribution >= 4 is 35.6 Å². The predicted octanol–water partition coefficient (Wildman–Crippen LogP) is 2.97. The highest BCUT2D eigenvalue weighted by atomic mass is 16.6. The van der Waals surface area contributed by atoms with E-state index in [0.29, 0.717) is 32.1 Å². The summed E-state index contributed by atoms with van der Waals surface area (Å²) < 4.78 is 12.0. The fourth-order valence-electron chi connectivity index (χ4n) is 6.74. The lowest BCUT2D eigenvalue weighted by atomic mass is 9.97. The SMILES string of the molecule is C#CCCC[C@@H]1OC(=O)[C@H](C(C)C)N(C)C(=O)[C@@H]2CCCN2C(=O)[C@H](Cc2ccccc2)OC(=O)[C@H]([C@@H](C)CC)N(C)C(=O)CNC(=O)C1C. The zero-order chi connectivity index (χ0) is 37.1. The number of cyclic esters (lactones) is 2. The lowest BCUT2D eigenvalue weighted by Gasteiger charge is -2.36. The summed E-state index contributed by atoms with van der Waals surface area (Å²) >= 11 is 0. The molecule has 274 valence electrons. The molecule has 2 fully saturated rings. The Morgan fingerprint density at radius 3 is 2.22 bits per heavy atom. The van der Waals surface area contributed by atoms with E-state index in [-0.39, 0.29) is 31.2 Å². The minimum atomic E-state index is -1.28. The molecular weight excluding hydrogens is 640 g/mol. The maximum atomic E-state index is 14.3. The normalized spacial score (nSPS) is 27.1. The third-order valence-corrected chi connectivity index (χ3v) is 9.95. The molecule has 12 nitrogen and oxygen atoms in total. The molecule has 1 unspecified atom stereocenters. The zero-order valence-corrected chi connectivity index (χ0v) is 30.6. The number of amides is 4. The van der Waals surface area contributed by atoms with Crippen LogP contribution < -0.4 is 5.32 Å². The van der Waals surface area contributed by atoms with Gasteiger partial charge in [0.05, 0.1) is 12.5 Å². The first-order valence-electron chi connectivity index (χ1n) is 17.7. The number of terminal acetylenes is 1. The number of hydrogen-bond acceptors (Lipinski definition) is 8. The molecule has 0 saturated carbocycles. The summed E-state index contributed by atoms with van der Waals surface area (Å²) in [7, 11) is 2.98. The van der Waals surface area contributed by atoms with Crippen LogP contribution in [0.5, 0.6) is 0 Å². The predicted molar refractivity (Wildman–Crippen MR) is 187 cm³/mol. The van der Waals surface area contributed by atoms with Crippen LogP contribution in [0, 0.1) is 30.1 Å². The van der Waals surface area contributed by atoms with E-state index in [1.54, 1.807) is 20.8 Å². The summed E-state index contributed by atoms with van der Waals surface area (Å²) in [5.74, 6) is -2.49. The van der Waals surface area contributed by atoms with Gasteiger partial charge in [-0.15, -0.1) is 12.3 Å². The van der Waals surface area contributed by atoms with Gasteiger partial charge in [0.1, 0.15) is 24.2 Å². The van der Waals surface area contributed by atoms with Gasteiger partial charge in [-0.2, -0.15) is 0 Å². The van der Waals surface area contributed by atoms with Gasteiger partial charge in [0.2, 0.25) is 17.7 Å². The molecule has 0 aromatic heterocycles. The summed E-state index contributed by atoms with van der Waals surface area (Å²) in [5.41, 5.74) is 0.747. The van der Waals surface area contributed by atoms with Crippen LogP contribution in [0.15, 0.2) is 30.3 Å². The molecule has 1 aromatic carbocycles. The lowest BCUT2D eigenvalue weighted by Crippen LogP contribution is -2.56. The van der Waals surface area contributed by atoms with E-state index in [0.717, 1.165) is 5.56 Å². The van der Waals surface area contributed by atoms with Gasteiger partial charge < -0.3 is 29.5 Å². The van der Waals surface area contributed by atoms with Gasteiger partial charge in [-0.1, -0.05) is 71.4 Å². The number of benzene rings is 1. The fraction of sp³-hybridized carbons (Fsp3) is 0.632. The topological polar surface area (TPSA) is 143 Å². The Hall–Kier alpha value is -4.40. The minimum Gasteiger partial charge on any atom is -0.460 e. The van der Waals surface area contributed by atoms with Crippen molar-refractivity contribution in [3.05, 3.63) is 35.9 Å². The summed E-state index contributed by atoms with van der Waals surface area (Å²) in [6.45, 7) is 8.72. The van der Waals surface area contributed by atoms with Crippen molar-refractivity contribution < 1.29 is 38.2 Å². The fourth-order valence-corrected chi connectivity index (χ4v) is 6.74. The largest absolute Gasteiger partial charge is 0.460 e. The molecule has 1 aromatic rings. The van der Waals surface area contributed by atoms with Crippen molar-refractivity contribution in [1.82, 2.24) is 20.0 Å². The average Bonchev–Trinajstić information content (AvgIpc) is 3.58. The van der Waals surface area contributed by atoms with Crippen molar-refractivity contribution in [2.75, 3.05) is 27.2 Å². The first-order valence-corrected chi connectivity index (χ1v) is 17.7. The molecule has 0 radical (unpaired) electrons. The van der Waals surface area contributed by atoms with Crippen molar-refractivity contribution in [3.8, 4) is 12.3 Å². The standard InChI is InChI=1S/C38H54N4O8/c1-9-11-13-20-29-26(6)34(44)39-23-31(43)40(7)33(25(5)10-2)38(48)50-30(22-27-17-14-12-15-18-27)36(46)42-21-16-19-28(42)35(45)41(8)32(24(3)4)37(47)49-29/h1,12,14-15,17-18,24-26,28-30,32-33H,10-11,13,16,19-23H2,2-8H3,(H,39,44)/t25-,26?,28-,29-,30-,32-,33-/m0/s1. The Bertz CT molecular complexity index is 1410. The number of carbonyl (C=O) groups excluding carboxylic acids is 6. The number of esters is 2. The van der Waals surface area contributed by atoms with Crippen LogP contribution in [0.4, 0.5) is 0 Å². The van der Waals surface area contributed by atoms with E-state index in [4.69, 9.17) is 15.9 Å². The van der Waals surface area contributed by atoms with Gasteiger partial charge >= 0.3 is 11.9 Å². The summed E-state index contributed by atoms with van der Waals surface area (Å²) in [4.78, 5) is 87.2. The van der Waals surface area contributed by atoms with Crippen molar-refractivity contribution in [3.63, 3.8) is 0 Å². The quantitative estimate of drug-likeness (QED) is 0.249. The molecule has 0 aliphatic carbocycles. The molecule has 0 bridgehead atoms. The van der Waals surface area contributed by atoms with Crippen LogP contribution in [-0.4, -0.2) is 108 Å². The molecule has 1 N–H and O–H groups in total. The highest BCUT2D eigenvalue weighted by Gasteiger charge is 2.44. The molecule has 0 spiro atoms. The second-order valence-corrected chi connectivity index (χ2v) is 13.9. The van der Waals surface area contributed by atoms with Gasteiger partial charge in [-0.25, -0.2) is 9.59 Å². The average molecular weight is 695 g/mol. The minimum absolute atomic E-state index is 0.0551. The number of ether oxygens (including phenoxy) is 2. The second kappa shape index (κ2) is 18.6. The highest BCUT2D eigenvalue weighted by molar-refractivity contribution is 5.94. The Morgan fingerprint density at radius 2 is 1.60 bits per heavy atom. The molecule has 3 rings (SSSR count). The Balaban J connectivity index is 2.10. The number of nitrogens with zero attached hydrogens (tertiary/aromatic N) is 3. The van der Waals surface area contributed by atoms with Crippen molar-refractivity contribution in [2.45, 2.75) is 110 Å². The Kier molecular flexibility index (Phi) is 14.9. The molecule has 4 amide bonds. The number of nitrogens with one attached hydrogen (secondary N) is 1. The number of likely N-dealkylation sites (N-methyl/N-ethyl adjacent to an activating group) is 2. The lowest BCUT2D eigenvalue weighted by molar-refractivity contribution is -0.169. The van der Waals surface area contributed by atoms with Gasteiger partial charge in [-0.05, 0) is 43.1 Å². The van der Waals surface area contributed by atoms with Gasteiger partial charge in [0.25, 0.3) is 5.91 Å². The molecule has 7 atom stereocenters. The third kappa shape index (κ3) is 9.86. The molecule has 2 aliphatic heterocycles. The Morgan fingerprint density at radius 1 is 0.940 bits per heavy atom. The number of unbranched alkanes of at least 4 members (excludes halogenated alkanes) is 1. The zero-order valence-electron chi connectivity index (χ0n) is 30.6. The summed E-state index contributed by atoms with van der Waals surface area (Å²) in [6.07, 6.45) is 5.94. The molecular formula is C38H54N4O8. The molecule has 2 heterocycles. The van der Waals surface area contributed by atoms with E-state index in [9.17, 15) is 28.8 Å². The van der Waals surface area contributed by atoms with Crippen LogP contribution in [-0.2, 0) is 44.7 Å². The van der Waals surface area contributed by atoms with E-state index >= 15 is 0 Å². The first-order chi connectivity index (χ1) is 23.7. The van der Waals surface area contributed by atoms with E-state index in [1.807, 2.05) is 44.2 Å². The maximum Gasteiger partial charge on any atom is 0.329 e. The summed E-state index contributed by atoms with van der Waals surface area (Å²) in [5, 5.41) is 2.64. The number of rotatable bonds is 8. The number of fused-ring (bicyclic) bond motifs is 1. The second-order valence-electron chi connectivity index (χ2n) is 13.9. The van der Waals surface area contributed by atoms with Crippen molar-refractivity contribution in [1.29, 1.82) is 0 Å². The third-order valence-electron chi connectivity index (χ3n) is 9.95. The molecule has 2 saturated heterocycles. The van der Waals surface area contributed by atoms with Crippen LogP contribution in [0.3, 0.4) is 0 Å². The van der Waals surface area contributed by atoms with E-state index in [1.165, 1.54) is 28.8 Å². The number of carbonyl (C=O) groups is 6. The first kappa shape index (κ1) is 40.0. The molecule has 50 heavy (non-hydrogen) atoms. The molecule has 2 aliphatic rings. The smallest absolute Gasteiger partial charge is 0.329 e. The van der Waals surface area contributed by atoms with Crippen LogP contribution in [0.1, 0.15) is 78.7 Å².